The molecule has 2 N–H and O–H groups in total. The van der Waals surface area contributed by atoms with Gasteiger partial charge in [0.2, 0.25) is 0 Å². The molecule has 7 nitrogen and oxygen atoms in total. The summed E-state index contributed by atoms with van der Waals surface area (Å²) in [6.45, 7) is 4.24. The average Bonchev–Trinajstić information content (AvgIpc) is 3.28. The van der Waals surface area contributed by atoms with Crippen LogP contribution in [0.2, 0.25) is 0 Å². The molecule has 1 aromatic carbocycles. The van der Waals surface area contributed by atoms with Gasteiger partial charge in [0.15, 0.2) is 0 Å². The number of amides is 1. The normalized spacial score (nSPS) is 16.4. The van der Waals surface area contributed by atoms with E-state index in [1.165, 1.54) is 11.6 Å². The Bertz CT molecular complexity index is 1050. The number of aliphatic carboxylic acids is 2. The molecule has 1 fully saturated rings. The van der Waals surface area contributed by atoms with Gasteiger partial charge in [-0.2, -0.15) is 0 Å². The van der Waals surface area contributed by atoms with Crippen molar-refractivity contribution in [3.8, 4) is 11.3 Å². The second-order valence-electron chi connectivity index (χ2n) is 7.32. The number of furan rings is 1. The van der Waals surface area contributed by atoms with Crippen LogP contribution in [0.15, 0.2) is 45.7 Å². The van der Waals surface area contributed by atoms with Gasteiger partial charge in [0.05, 0.1) is 4.91 Å². The third kappa shape index (κ3) is 5.23. The second kappa shape index (κ2) is 9.49. The van der Waals surface area contributed by atoms with Crippen molar-refractivity contribution < 1.29 is 29.0 Å². The lowest BCUT2D eigenvalue weighted by molar-refractivity contribution is -0.146. The molecular weight excluding hydrogens is 438 g/mol. The molecule has 1 amide bonds. The van der Waals surface area contributed by atoms with Crippen molar-refractivity contribution in [2.45, 2.75) is 38.6 Å². The maximum atomic E-state index is 12.8. The van der Waals surface area contributed by atoms with Crippen LogP contribution in [0, 0.1) is 0 Å². The maximum Gasteiger partial charge on any atom is 0.326 e. The molecule has 1 atom stereocenters. The Hall–Kier alpha value is -2.91. The molecule has 0 aliphatic carbocycles. The highest BCUT2D eigenvalue weighted by Gasteiger charge is 2.40. The minimum Gasteiger partial charge on any atom is -0.481 e. The van der Waals surface area contributed by atoms with Gasteiger partial charge in [0.25, 0.3) is 5.91 Å². The van der Waals surface area contributed by atoms with Gasteiger partial charge in [0, 0.05) is 18.1 Å². The molecule has 1 saturated heterocycles. The zero-order chi connectivity index (χ0) is 22.7. The van der Waals surface area contributed by atoms with Crippen LogP contribution in [-0.4, -0.2) is 43.3 Å². The number of benzene rings is 1. The Morgan fingerprint density at radius 3 is 2.42 bits per heavy atom. The van der Waals surface area contributed by atoms with Crippen molar-refractivity contribution in [3.05, 3.63) is 52.6 Å². The van der Waals surface area contributed by atoms with E-state index in [0.29, 0.717) is 17.4 Å². The van der Waals surface area contributed by atoms with E-state index in [-0.39, 0.29) is 22.1 Å². The van der Waals surface area contributed by atoms with Crippen LogP contribution >= 0.6 is 24.0 Å². The molecule has 0 saturated carbocycles. The summed E-state index contributed by atoms with van der Waals surface area (Å²) in [6.07, 6.45) is 0.896. The van der Waals surface area contributed by atoms with Gasteiger partial charge in [-0.05, 0) is 30.0 Å². The SMILES string of the molecule is CC(C)c1ccc(-c2ccc(/C=C3/SC(=S)N(C(CCC(=O)O)C(=O)O)C3=O)o2)cc1. The first-order valence-corrected chi connectivity index (χ1v) is 10.8. The Kier molecular flexibility index (Phi) is 6.97. The quantitative estimate of drug-likeness (QED) is 0.436. The van der Waals surface area contributed by atoms with Gasteiger partial charge in [-0.3, -0.25) is 14.5 Å². The van der Waals surface area contributed by atoms with E-state index in [4.69, 9.17) is 21.7 Å². The number of nitrogens with zero attached hydrogens (tertiary/aromatic N) is 1. The fourth-order valence-electron chi connectivity index (χ4n) is 3.12. The zero-order valence-electron chi connectivity index (χ0n) is 16.9. The lowest BCUT2D eigenvalue weighted by Gasteiger charge is -2.22. The first-order valence-electron chi connectivity index (χ1n) is 9.59. The van der Waals surface area contributed by atoms with Gasteiger partial charge in [-0.25, -0.2) is 4.79 Å². The fraction of sp³-hybridized carbons (Fsp3) is 0.273. The van der Waals surface area contributed by atoms with Gasteiger partial charge in [-0.15, -0.1) is 0 Å². The molecule has 3 rings (SSSR count). The van der Waals surface area contributed by atoms with Crippen molar-refractivity contribution in [1.82, 2.24) is 4.90 Å². The number of carbonyl (C=O) groups excluding carboxylic acids is 1. The van der Waals surface area contributed by atoms with Crippen LogP contribution in [0.4, 0.5) is 0 Å². The predicted molar refractivity (Wildman–Crippen MR) is 122 cm³/mol. The van der Waals surface area contributed by atoms with Gasteiger partial charge in [0.1, 0.15) is 21.9 Å². The summed E-state index contributed by atoms with van der Waals surface area (Å²) >= 11 is 6.15. The Balaban J connectivity index is 1.80. The summed E-state index contributed by atoms with van der Waals surface area (Å²) < 4.78 is 5.91. The predicted octanol–water partition coefficient (Wildman–Crippen LogP) is 4.59. The third-order valence-electron chi connectivity index (χ3n) is 4.81. The average molecular weight is 460 g/mol. The minimum absolute atomic E-state index is 0.0742. The van der Waals surface area contributed by atoms with Crippen molar-refractivity contribution in [2.24, 2.45) is 0 Å². The van der Waals surface area contributed by atoms with E-state index in [9.17, 15) is 19.5 Å². The molecule has 1 aromatic heterocycles. The molecule has 1 unspecified atom stereocenters. The highest BCUT2D eigenvalue weighted by molar-refractivity contribution is 8.26. The highest BCUT2D eigenvalue weighted by Crippen LogP contribution is 2.35. The van der Waals surface area contributed by atoms with E-state index in [0.717, 1.165) is 22.2 Å². The van der Waals surface area contributed by atoms with Crippen LogP contribution in [0.1, 0.15) is 43.9 Å². The van der Waals surface area contributed by atoms with Crippen molar-refractivity contribution in [3.63, 3.8) is 0 Å². The molecule has 162 valence electrons. The molecule has 9 heteroatoms. The standard InChI is InChI=1S/C22H21NO6S2/c1-12(2)13-3-5-14(6-4-13)17-9-7-15(29-17)11-18-20(26)23(22(30)31-18)16(21(27)28)8-10-19(24)25/h3-7,9,11-12,16H,8,10H2,1-2H3,(H,24,25)(H,27,28)/b18-11+. The Morgan fingerprint density at radius 1 is 1.16 bits per heavy atom. The van der Waals surface area contributed by atoms with E-state index >= 15 is 0 Å². The smallest absolute Gasteiger partial charge is 0.326 e. The van der Waals surface area contributed by atoms with Crippen LogP contribution in [0.5, 0.6) is 0 Å². The van der Waals surface area contributed by atoms with Gasteiger partial charge >= 0.3 is 11.9 Å². The summed E-state index contributed by atoms with van der Waals surface area (Å²) in [5.41, 5.74) is 2.12. The molecule has 1 aliphatic heterocycles. The Labute approximate surface area is 188 Å². The van der Waals surface area contributed by atoms with Gasteiger partial charge < -0.3 is 14.6 Å². The first kappa shape index (κ1) is 22.8. The third-order valence-corrected chi connectivity index (χ3v) is 6.14. The number of hydrogen-bond acceptors (Lipinski definition) is 6. The molecule has 2 aromatic rings. The van der Waals surface area contributed by atoms with Crippen LogP contribution in [-0.2, 0) is 14.4 Å². The summed E-state index contributed by atoms with van der Waals surface area (Å²) in [4.78, 5) is 36.4. The summed E-state index contributed by atoms with van der Waals surface area (Å²) in [5, 5.41) is 18.3. The first-order chi connectivity index (χ1) is 14.7. The van der Waals surface area contributed by atoms with E-state index in [1.54, 1.807) is 12.1 Å². The fourth-order valence-corrected chi connectivity index (χ4v) is 4.46. The number of carboxylic acids is 2. The monoisotopic (exact) mass is 459 g/mol. The number of carboxylic acid groups (broad SMARTS) is 2. The molecule has 0 radical (unpaired) electrons. The largest absolute Gasteiger partial charge is 0.481 e. The number of hydrogen-bond donors (Lipinski definition) is 2. The summed E-state index contributed by atoms with van der Waals surface area (Å²) in [5.74, 6) is -1.52. The lowest BCUT2D eigenvalue weighted by Crippen LogP contribution is -2.44. The molecular formula is C22H21NO6S2. The van der Waals surface area contributed by atoms with E-state index < -0.39 is 23.9 Å². The topological polar surface area (TPSA) is 108 Å². The number of rotatable bonds is 8. The number of thiocarbonyl (C=S) groups is 1. The molecule has 1 aliphatic rings. The van der Waals surface area contributed by atoms with Crippen molar-refractivity contribution >= 4 is 52.2 Å². The van der Waals surface area contributed by atoms with Gasteiger partial charge in [-0.1, -0.05) is 62.1 Å². The van der Waals surface area contributed by atoms with Crippen LogP contribution in [0.25, 0.3) is 17.4 Å². The maximum absolute atomic E-state index is 12.8. The van der Waals surface area contributed by atoms with E-state index in [1.807, 2.05) is 24.3 Å². The summed E-state index contributed by atoms with van der Waals surface area (Å²) in [7, 11) is 0. The number of carbonyl (C=O) groups is 3. The lowest BCUT2D eigenvalue weighted by atomic mass is 10.0. The molecule has 31 heavy (non-hydrogen) atoms. The minimum atomic E-state index is -1.33. The number of thioether (sulfide) groups is 1. The van der Waals surface area contributed by atoms with E-state index in [2.05, 4.69) is 13.8 Å². The van der Waals surface area contributed by atoms with Crippen molar-refractivity contribution in [1.29, 1.82) is 0 Å². The van der Waals surface area contributed by atoms with Crippen molar-refractivity contribution in [2.75, 3.05) is 0 Å². The van der Waals surface area contributed by atoms with Crippen LogP contribution in [0.3, 0.4) is 0 Å². The second-order valence-corrected chi connectivity index (χ2v) is 8.99. The Morgan fingerprint density at radius 2 is 1.84 bits per heavy atom. The highest BCUT2D eigenvalue weighted by atomic mass is 32.2. The molecule has 2 heterocycles. The molecule has 0 spiro atoms. The molecule has 0 bridgehead atoms. The zero-order valence-corrected chi connectivity index (χ0v) is 18.5. The summed E-state index contributed by atoms with van der Waals surface area (Å²) in [6, 6.07) is 10.2. The van der Waals surface area contributed by atoms with Crippen LogP contribution < -0.4 is 0 Å².